The van der Waals surface area contributed by atoms with Crippen molar-refractivity contribution in [3.05, 3.63) is 61.4 Å². The highest BCUT2D eigenvalue weighted by Crippen LogP contribution is 2.37. The Labute approximate surface area is 180 Å². The van der Waals surface area contributed by atoms with Gasteiger partial charge in [0.15, 0.2) is 0 Å². The molecule has 1 heterocycles. The van der Waals surface area contributed by atoms with Gasteiger partial charge < -0.3 is 9.84 Å². The number of imide groups is 1. The quantitative estimate of drug-likeness (QED) is 0.567. The molecule has 0 aliphatic carbocycles. The molecule has 2 aromatic carbocycles. The summed E-state index contributed by atoms with van der Waals surface area (Å²) in [5.41, 5.74) is 2.42. The first-order chi connectivity index (χ1) is 13.3. The molecule has 3 rings (SSSR count). The van der Waals surface area contributed by atoms with Crippen LogP contribution in [-0.4, -0.2) is 34.3 Å². The Hall–Kier alpha value is -1.96. The molecule has 2 amide bonds. The van der Waals surface area contributed by atoms with Crippen LogP contribution in [0.3, 0.4) is 0 Å². The van der Waals surface area contributed by atoms with E-state index in [1.807, 2.05) is 32.0 Å². The number of benzene rings is 2. The fourth-order valence-corrected chi connectivity index (χ4v) is 4.33. The predicted molar refractivity (Wildman–Crippen MR) is 115 cm³/mol. The average molecular weight is 483 g/mol. The smallest absolute Gasteiger partial charge is 0.293 e. The largest absolute Gasteiger partial charge is 0.506 e. The molecule has 0 aromatic heterocycles. The summed E-state index contributed by atoms with van der Waals surface area (Å²) < 4.78 is 6.40. The maximum atomic E-state index is 12.6. The number of carbonyl (C=O) groups excluding carboxylic acids is 2. The van der Waals surface area contributed by atoms with Crippen LogP contribution in [0.1, 0.15) is 16.7 Å². The molecule has 146 valence electrons. The number of hydrogen-bond acceptors (Lipinski definition) is 5. The van der Waals surface area contributed by atoms with Gasteiger partial charge in [-0.15, -0.1) is 0 Å². The summed E-state index contributed by atoms with van der Waals surface area (Å²) in [6.07, 6.45) is 1.46. The van der Waals surface area contributed by atoms with Crippen LogP contribution in [0.25, 0.3) is 6.08 Å². The first-order valence-corrected chi connectivity index (χ1v) is 10.4. The molecular formula is C20H17BrClNO4S. The van der Waals surface area contributed by atoms with E-state index in [4.69, 9.17) is 16.3 Å². The van der Waals surface area contributed by atoms with Crippen molar-refractivity contribution < 1.29 is 19.4 Å². The van der Waals surface area contributed by atoms with Gasteiger partial charge in [-0.3, -0.25) is 14.5 Å². The zero-order valence-electron chi connectivity index (χ0n) is 15.2. The number of aromatic hydroxyl groups is 1. The summed E-state index contributed by atoms with van der Waals surface area (Å²) in [7, 11) is 0. The second-order valence-corrected chi connectivity index (χ2v) is 8.59. The monoisotopic (exact) mass is 481 g/mol. The van der Waals surface area contributed by atoms with Gasteiger partial charge in [0.05, 0.1) is 16.5 Å². The second-order valence-electron chi connectivity index (χ2n) is 6.28. The van der Waals surface area contributed by atoms with Gasteiger partial charge in [-0.1, -0.05) is 39.7 Å². The number of phenolic OH excluding ortho intramolecular Hbond substituents is 1. The molecule has 0 bridgehead atoms. The van der Waals surface area contributed by atoms with Gasteiger partial charge in [-0.2, -0.15) is 0 Å². The minimum Gasteiger partial charge on any atom is -0.506 e. The van der Waals surface area contributed by atoms with E-state index in [2.05, 4.69) is 15.9 Å². The van der Waals surface area contributed by atoms with E-state index in [0.29, 0.717) is 10.0 Å². The minimum absolute atomic E-state index is 0.139. The van der Waals surface area contributed by atoms with E-state index in [1.54, 1.807) is 12.1 Å². The maximum Gasteiger partial charge on any atom is 0.293 e. The molecule has 28 heavy (non-hydrogen) atoms. The number of phenols is 1. The fraction of sp³-hybridized carbons (Fsp3) is 0.200. The summed E-state index contributed by atoms with van der Waals surface area (Å²) >= 11 is 10.1. The molecule has 1 N–H and O–H groups in total. The number of hydrogen-bond donors (Lipinski definition) is 1. The third kappa shape index (κ3) is 4.54. The average Bonchev–Trinajstić information content (AvgIpc) is 2.89. The molecule has 0 atom stereocenters. The molecule has 2 aromatic rings. The van der Waals surface area contributed by atoms with Gasteiger partial charge in [-0.05, 0) is 61.0 Å². The van der Waals surface area contributed by atoms with Gasteiger partial charge in [0, 0.05) is 10.0 Å². The van der Waals surface area contributed by atoms with Gasteiger partial charge in [0.1, 0.15) is 18.1 Å². The molecule has 5 nitrogen and oxygen atoms in total. The molecule has 1 aliphatic heterocycles. The molecule has 0 spiro atoms. The minimum atomic E-state index is -0.421. The number of carbonyl (C=O) groups is 2. The zero-order chi connectivity index (χ0) is 20.4. The van der Waals surface area contributed by atoms with Crippen molar-refractivity contribution in [3.63, 3.8) is 0 Å². The zero-order valence-corrected chi connectivity index (χ0v) is 18.3. The summed E-state index contributed by atoms with van der Waals surface area (Å²) in [4.78, 5) is 26.2. The topological polar surface area (TPSA) is 66.8 Å². The van der Waals surface area contributed by atoms with Crippen molar-refractivity contribution in [2.24, 2.45) is 0 Å². The Morgan fingerprint density at radius 2 is 2.00 bits per heavy atom. The normalized spacial score (nSPS) is 15.6. The van der Waals surface area contributed by atoms with E-state index in [1.165, 1.54) is 6.08 Å². The molecule has 8 heteroatoms. The van der Waals surface area contributed by atoms with E-state index in [0.717, 1.165) is 33.5 Å². The van der Waals surface area contributed by atoms with Crippen LogP contribution < -0.4 is 4.74 Å². The van der Waals surface area contributed by atoms with Crippen molar-refractivity contribution >= 4 is 56.5 Å². The standard InChI is InChI=1S/C20H17BrClNO4S/c1-11-3-4-12(2)16(7-11)27-6-5-23-19(25)17(28-20(23)26)9-13-8-14(21)10-15(22)18(13)24/h3-4,7-10,24H,5-6H2,1-2H3/b17-9-. The highest BCUT2D eigenvalue weighted by molar-refractivity contribution is 9.10. The Kier molecular flexibility index (Phi) is 6.37. The van der Waals surface area contributed by atoms with E-state index < -0.39 is 5.91 Å². The van der Waals surface area contributed by atoms with Gasteiger partial charge >= 0.3 is 0 Å². The van der Waals surface area contributed by atoms with E-state index in [-0.39, 0.29) is 34.1 Å². The Morgan fingerprint density at radius 3 is 2.75 bits per heavy atom. The first-order valence-electron chi connectivity index (χ1n) is 8.39. The Balaban J connectivity index is 1.71. The van der Waals surface area contributed by atoms with Crippen molar-refractivity contribution in [1.29, 1.82) is 0 Å². The van der Waals surface area contributed by atoms with Crippen LogP contribution in [0.4, 0.5) is 4.79 Å². The molecule has 0 unspecified atom stereocenters. The fourth-order valence-electron chi connectivity index (χ4n) is 2.64. The summed E-state index contributed by atoms with van der Waals surface area (Å²) in [6, 6.07) is 9.04. The highest BCUT2D eigenvalue weighted by atomic mass is 79.9. The van der Waals surface area contributed by atoms with Crippen LogP contribution in [0.2, 0.25) is 5.02 Å². The lowest BCUT2D eigenvalue weighted by molar-refractivity contribution is -0.123. The van der Waals surface area contributed by atoms with E-state index >= 15 is 0 Å². The van der Waals surface area contributed by atoms with Gasteiger partial charge in [0.2, 0.25) is 0 Å². The third-order valence-electron chi connectivity index (χ3n) is 4.13. The van der Waals surface area contributed by atoms with Crippen molar-refractivity contribution in [1.82, 2.24) is 4.90 Å². The van der Waals surface area contributed by atoms with Crippen molar-refractivity contribution in [2.45, 2.75) is 13.8 Å². The number of amides is 2. The SMILES string of the molecule is Cc1ccc(C)c(OCCN2C(=O)S/C(=C\c3cc(Br)cc(Cl)c3O)C2=O)c1. The summed E-state index contributed by atoms with van der Waals surface area (Å²) in [6.45, 7) is 4.24. The lowest BCUT2D eigenvalue weighted by Crippen LogP contribution is -2.32. The highest BCUT2D eigenvalue weighted by Gasteiger charge is 2.35. The maximum absolute atomic E-state index is 12.6. The second kappa shape index (κ2) is 8.59. The van der Waals surface area contributed by atoms with Crippen molar-refractivity contribution in [3.8, 4) is 11.5 Å². The van der Waals surface area contributed by atoms with Crippen LogP contribution in [0, 0.1) is 13.8 Å². The molecular weight excluding hydrogens is 466 g/mol. The van der Waals surface area contributed by atoms with Crippen LogP contribution in [-0.2, 0) is 4.79 Å². The predicted octanol–water partition coefficient (Wildman–Crippen LogP) is 5.54. The number of rotatable bonds is 5. The molecule has 0 radical (unpaired) electrons. The van der Waals surface area contributed by atoms with Gasteiger partial charge in [0.25, 0.3) is 11.1 Å². The lowest BCUT2D eigenvalue weighted by Gasteiger charge is -2.14. The molecule has 1 fully saturated rings. The van der Waals surface area contributed by atoms with Crippen LogP contribution >= 0.6 is 39.3 Å². The third-order valence-corrected chi connectivity index (χ3v) is 5.79. The van der Waals surface area contributed by atoms with Crippen LogP contribution in [0.15, 0.2) is 39.7 Å². The Bertz CT molecular complexity index is 992. The van der Waals surface area contributed by atoms with Crippen LogP contribution in [0.5, 0.6) is 11.5 Å². The number of aryl methyl sites for hydroxylation is 2. The number of thioether (sulfide) groups is 1. The molecule has 0 saturated carbocycles. The molecule has 1 aliphatic rings. The number of ether oxygens (including phenoxy) is 1. The summed E-state index contributed by atoms with van der Waals surface area (Å²) in [5.74, 6) is 0.168. The van der Waals surface area contributed by atoms with Crippen molar-refractivity contribution in [2.75, 3.05) is 13.2 Å². The van der Waals surface area contributed by atoms with E-state index in [9.17, 15) is 14.7 Å². The molecule has 1 saturated heterocycles. The number of nitrogens with zero attached hydrogens (tertiary/aromatic N) is 1. The lowest BCUT2D eigenvalue weighted by atomic mass is 10.1. The first kappa shape index (κ1) is 20.8. The summed E-state index contributed by atoms with van der Waals surface area (Å²) in [5, 5.41) is 9.86. The Morgan fingerprint density at radius 1 is 1.25 bits per heavy atom. The number of halogens is 2. The van der Waals surface area contributed by atoms with Gasteiger partial charge in [-0.25, -0.2) is 0 Å².